The lowest BCUT2D eigenvalue weighted by molar-refractivity contribution is -0.140. The van der Waals surface area contributed by atoms with E-state index in [1.54, 1.807) is 18.2 Å². The molecule has 1 aromatic carbocycles. The molecule has 0 aliphatic rings. The van der Waals surface area contributed by atoms with Gasteiger partial charge >= 0.3 is 12.0 Å². The van der Waals surface area contributed by atoms with Gasteiger partial charge in [0, 0.05) is 12.2 Å². The normalized spacial score (nSPS) is 11.9. The fourth-order valence-corrected chi connectivity index (χ4v) is 1.47. The minimum atomic E-state index is -0.955. The first-order valence-corrected chi connectivity index (χ1v) is 5.28. The Kier molecular flexibility index (Phi) is 4.09. The zero-order chi connectivity index (χ0) is 13.0. The largest absolute Gasteiger partial charge is 0.481 e. The molecule has 0 heterocycles. The molecular weight excluding hydrogens is 220 g/mol. The van der Waals surface area contributed by atoms with Crippen LogP contribution in [0.15, 0.2) is 24.3 Å². The Bertz CT molecular complexity index is 432. The number of hydrogen-bond donors (Lipinski definition) is 2. The van der Waals surface area contributed by atoms with Crippen LogP contribution in [0, 0.1) is 12.8 Å². The maximum Gasteiger partial charge on any atom is 0.319 e. The van der Waals surface area contributed by atoms with Gasteiger partial charge in [-0.3, -0.25) is 9.69 Å². The zero-order valence-corrected chi connectivity index (χ0v) is 9.88. The molecule has 0 bridgehead atoms. The van der Waals surface area contributed by atoms with E-state index in [9.17, 15) is 9.59 Å². The molecule has 2 amide bonds. The Morgan fingerprint density at radius 3 is 2.59 bits per heavy atom. The lowest BCUT2D eigenvalue weighted by Gasteiger charge is -2.22. The van der Waals surface area contributed by atoms with Crippen LogP contribution in [-0.4, -0.2) is 23.7 Å². The maximum atomic E-state index is 11.3. The van der Waals surface area contributed by atoms with Crippen LogP contribution >= 0.6 is 0 Å². The highest BCUT2D eigenvalue weighted by Gasteiger charge is 2.20. The van der Waals surface area contributed by atoms with Gasteiger partial charge in [0.05, 0.1) is 5.92 Å². The van der Waals surface area contributed by atoms with Crippen LogP contribution in [0.3, 0.4) is 0 Å². The van der Waals surface area contributed by atoms with Gasteiger partial charge < -0.3 is 10.8 Å². The first-order chi connectivity index (χ1) is 7.91. The molecule has 92 valence electrons. The molecule has 0 aliphatic carbocycles. The van der Waals surface area contributed by atoms with Crippen LogP contribution in [-0.2, 0) is 4.79 Å². The summed E-state index contributed by atoms with van der Waals surface area (Å²) in [5, 5.41) is 8.84. The second-order valence-corrected chi connectivity index (χ2v) is 4.03. The fourth-order valence-electron chi connectivity index (χ4n) is 1.47. The second-order valence-electron chi connectivity index (χ2n) is 4.03. The Morgan fingerprint density at radius 2 is 2.12 bits per heavy atom. The highest BCUT2D eigenvalue weighted by molar-refractivity contribution is 5.91. The summed E-state index contributed by atoms with van der Waals surface area (Å²) in [5.41, 5.74) is 6.86. The molecule has 5 nitrogen and oxygen atoms in total. The summed E-state index contributed by atoms with van der Waals surface area (Å²) < 4.78 is 0. The van der Waals surface area contributed by atoms with E-state index in [2.05, 4.69) is 0 Å². The number of aliphatic carboxylic acids is 1. The van der Waals surface area contributed by atoms with Crippen molar-refractivity contribution in [3.05, 3.63) is 29.8 Å². The summed E-state index contributed by atoms with van der Waals surface area (Å²) in [7, 11) is 0. The van der Waals surface area contributed by atoms with Crippen molar-refractivity contribution in [1.29, 1.82) is 0 Å². The Hall–Kier alpha value is -2.04. The highest BCUT2D eigenvalue weighted by Crippen LogP contribution is 2.17. The minimum Gasteiger partial charge on any atom is -0.481 e. The van der Waals surface area contributed by atoms with Crippen molar-refractivity contribution < 1.29 is 14.7 Å². The van der Waals surface area contributed by atoms with Gasteiger partial charge in [0.15, 0.2) is 0 Å². The van der Waals surface area contributed by atoms with Gasteiger partial charge in [-0.15, -0.1) is 0 Å². The molecule has 17 heavy (non-hydrogen) atoms. The SMILES string of the molecule is Cc1cccc(N(CC(C)C(=O)O)C(N)=O)c1. The van der Waals surface area contributed by atoms with Crippen LogP contribution in [0.2, 0.25) is 0 Å². The van der Waals surface area contributed by atoms with E-state index in [0.717, 1.165) is 5.56 Å². The number of benzene rings is 1. The van der Waals surface area contributed by atoms with E-state index in [4.69, 9.17) is 10.8 Å². The second kappa shape index (κ2) is 5.34. The lowest BCUT2D eigenvalue weighted by atomic mass is 10.1. The van der Waals surface area contributed by atoms with E-state index in [0.29, 0.717) is 5.69 Å². The quantitative estimate of drug-likeness (QED) is 0.832. The van der Waals surface area contributed by atoms with Gasteiger partial charge in [-0.05, 0) is 24.6 Å². The number of carboxylic acid groups (broad SMARTS) is 1. The average Bonchev–Trinajstić information content (AvgIpc) is 2.24. The summed E-state index contributed by atoms with van der Waals surface area (Å²) in [6.45, 7) is 3.49. The average molecular weight is 236 g/mol. The van der Waals surface area contributed by atoms with E-state index in [-0.39, 0.29) is 6.54 Å². The summed E-state index contributed by atoms with van der Waals surface area (Å²) in [4.78, 5) is 23.4. The minimum absolute atomic E-state index is 0.0636. The molecule has 3 N–H and O–H groups in total. The third kappa shape index (κ3) is 3.48. The Labute approximate surface area is 99.8 Å². The van der Waals surface area contributed by atoms with Crippen molar-refractivity contribution in [1.82, 2.24) is 0 Å². The number of nitrogens with zero attached hydrogens (tertiary/aromatic N) is 1. The van der Waals surface area contributed by atoms with Gasteiger partial charge in [0.25, 0.3) is 0 Å². The molecule has 1 aromatic rings. The van der Waals surface area contributed by atoms with E-state index in [1.165, 1.54) is 11.8 Å². The van der Waals surface area contributed by atoms with Crippen molar-refractivity contribution in [2.24, 2.45) is 11.7 Å². The molecular formula is C12H16N2O3. The van der Waals surface area contributed by atoms with Crippen molar-refractivity contribution in [2.45, 2.75) is 13.8 Å². The molecule has 0 aromatic heterocycles. The molecule has 1 unspecified atom stereocenters. The molecule has 0 saturated heterocycles. The van der Waals surface area contributed by atoms with Gasteiger partial charge in [-0.2, -0.15) is 0 Å². The standard InChI is InChI=1S/C12H16N2O3/c1-8-4-3-5-10(6-8)14(12(13)17)7-9(2)11(15)16/h3-6,9H,7H2,1-2H3,(H2,13,17)(H,15,16). The summed E-state index contributed by atoms with van der Waals surface area (Å²) >= 11 is 0. The molecule has 0 spiro atoms. The predicted octanol–water partition coefficient (Wildman–Crippen LogP) is 1.60. The number of amides is 2. The predicted molar refractivity (Wildman–Crippen MR) is 64.9 cm³/mol. The third-order valence-electron chi connectivity index (χ3n) is 2.46. The first-order valence-electron chi connectivity index (χ1n) is 5.28. The number of anilines is 1. The Morgan fingerprint density at radius 1 is 1.47 bits per heavy atom. The van der Waals surface area contributed by atoms with Crippen LogP contribution < -0.4 is 10.6 Å². The van der Waals surface area contributed by atoms with Crippen LogP contribution in [0.5, 0.6) is 0 Å². The van der Waals surface area contributed by atoms with Crippen LogP contribution in [0.25, 0.3) is 0 Å². The Balaban J connectivity index is 2.94. The number of carboxylic acids is 1. The number of rotatable bonds is 4. The van der Waals surface area contributed by atoms with Gasteiger partial charge in [0.2, 0.25) is 0 Å². The fraction of sp³-hybridized carbons (Fsp3) is 0.333. The van der Waals surface area contributed by atoms with Crippen LogP contribution in [0.1, 0.15) is 12.5 Å². The van der Waals surface area contributed by atoms with Crippen molar-refractivity contribution in [3.8, 4) is 0 Å². The topological polar surface area (TPSA) is 83.6 Å². The van der Waals surface area contributed by atoms with Gasteiger partial charge in [-0.25, -0.2) is 4.79 Å². The number of aryl methyl sites for hydroxylation is 1. The summed E-state index contributed by atoms with van der Waals surface area (Å²) in [6, 6.07) is 6.56. The van der Waals surface area contributed by atoms with E-state index < -0.39 is 17.9 Å². The number of primary amides is 1. The highest BCUT2D eigenvalue weighted by atomic mass is 16.4. The summed E-state index contributed by atoms with van der Waals surface area (Å²) in [5.74, 6) is -1.62. The number of carbonyl (C=O) groups excluding carboxylic acids is 1. The molecule has 0 saturated carbocycles. The summed E-state index contributed by atoms with van der Waals surface area (Å²) in [6.07, 6.45) is 0. The monoisotopic (exact) mass is 236 g/mol. The van der Waals surface area contributed by atoms with E-state index >= 15 is 0 Å². The lowest BCUT2D eigenvalue weighted by Crippen LogP contribution is -2.40. The molecule has 5 heteroatoms. The van der Waals surface area contributed by atoms with Crippen molar-refractivity contribution >= 4 is 17.7 Å². The molecule has 0 radical (unpaired) electrons. The third-order valence-corrected chi connectivity index (χ3v) is 2.46. The maximum absolute atomic E-state index is 11.3. The van der Waals surface area contributed by atoms with E-state index in [1.807, 2.05) is 13.0 Å². The van der Waals surface area contributed by atoms with Crippen molar-refractivity contribution in [2.75, 3.05) is 11.4 Å². The first kappa shape index (κ1) is 13.0. The number of nitrogens with two attached hydrogens (primary N) is 1. The molecule has 0 fully saturated rings. The van der Waals surface area contributed by atoms with Gasteiger partial charge in [-0.1, -0.05) is 19.1 Å². The zero-order valence-electron chi connectivity index (χ0n) is 9.88. The number of urea groups is 1. The molecule has 1 atom stereocenters. The van der Waals surface area contributed by atoms with Crippen molar-refractivity contribution in [3.63, 3.8) is 0 Å². The number of hydrogen-bond acceptors (Lipinski definition) is 2. The molecule has 0 aliphatic heterocycles. The number of carbonyl (C=O) groups is 2. The van der Waals surface area contributed by atoms with Gasteiger partial charge in [0.1, 0.15) is 0 Å². The molecule has 1 rings (SSSR count). The van der Waals surface area contributed by atoms with Crippen LogP contribution in [0.4, 0.5) is 10.5 Å². The smallest absolute Gasteiger partial charge is 0.319 e.